The molecule has 4 nitrogen and oxygen atoms in total. The van der Waals surface area contributed by atoms with Crippen molar-refractivity contribution in [2.75, 3.05) is 13.1 Å². The van der Waals surface area contributed by atoms with Crippen molar-refractivity contribution < 1.29 is 18.3 Å². The molecule has 2 rings (SSSR count). The number of nitrogens with one attached hydrogen (secondary N) is 2. The zero-order valence-electron chi connectivity index (χ0n) is 11.3. The van der Waals surface area contributed by atoms with Crippen LogP contribution in [0.3, 0.4) is 0 Å². The smallest absolute Gasteiger partial charge is 0.387 e. The Morgan fingerprint density at radius 2 is 2.00 bits per heavy atom. The third kappa shape index (κ3) is 3.66. The molecule has 1 fully saturated rings. The first-order valence-electron chi connectivity index (χ1n) is 6.57. The number of aryl methyl sites for hydroxylation is 1. The number of hydrogen-bond acceptors (Lipinski definition) is 3. The Kier molecular flexibility index (Phi) is 4.54. The van der Waals surface area contributed by atoms with Crippen LogP contribution < -0.4 is 15.4 Å². The largest absolute Gasteiger partial charge is 0.435 e. The maximum atomic E-state index is 12.0. The molecule has 0 bridgehead atoms. The van der Waals surface area contributed by atoms with E-state index >= 15 is 0 Å². The zero-order valence-corrected chi connectivity index (χ0v) is 11.3. The van der Waals surface area contributed by atoms with Gasteiger partial charge in [-0.05, 0) is 37.5 Å². The summed E-state index contributed by atoms with van der Waals surface area (Å²) >= 11 is 0. The van der Waals surface area contributed by atoms with Gasteiger partial charge in [0.1, 0.15) is 5.75 Å². The van der Waals surface area contributed by atoms with Crippen molar-refractivity contribution in [1.29, 1.82) is 0 Å². The SMILES string of the molecule is CC1(CCc2ccc(OC(F)F)cc2)NCCNC1=O. The number of benzene rings is 1. The van der Waals surface area contributed by atoms with Gasteiger partial charge in [0.25, 0.3) is 0 Å². The minimum atomic E-state index is -2.81. The highest BCUT2D eigenvalue weighted by Crippen LogP contribution is 2.19. The molecule has 110 valence electrons. The van der Waals surface area contributed by atoms with E-state index in [0.717, 1.165) is 12.1 Å². The van der Waals surface area contributed by atoms with Crippen LogP contribution in [0.1, 0.15) is 18.9 Å². The second-order valence-corrected chi connectivity index (χ2v) is 5.04. The molecule has 0 aliphatic carbocycles. The number of carbonyl (C=O) groups excluding carboxylic acids is 1. The minimum absolute atomic E-state index is 0.00130. The fourth-order valence-electron chi connectivity index (χ4n) is 2.22. The maximum absolute atomic E-state index is 12.0. The third-order valence-electron chi connectivity index (χ3n) is 3.49. The van der Waals surface area contributed by atoms with Gasteiger partial charge in [-0.2, -0.15) is 8.78 Å². The summed E-state index contributed by atoms with van der Waals surface area (Å²) in [4.78, 5) is 11.8. The highest BCUT2D eigenvalue weighted by Gasteiger charge is 2.34. The maximum Gasteiger partial charge on any atom is 0.387 e. The Morgan fingerprint density at radius 1 is 1.30 bits per heavy atom. The number of hydrogen-bond donors (Lipinski definition) is 2. The van der Waals surface area contributed by atoms with Crippen LogP contribution >= 0.6 is 0 Å². The number of rotatable bonds is 5. The second kappa shape index (κ2) is 6.17. The Bertz CT molecular complexity index is 465. The zero-order chi connectivity index (χ0) is 14.6. The Morgan fingerprint density at radius 3 is 2.60 bits per heavy atom. The van der Waals surface area contributed by atoms with Crippen LogP contribution in [-0.2, 0) is 11.2 Å². The van der Waals surface area contributed by atoms with Gasteiger partial charge >= 0.3 is 6.61 Å². The van der Waals surface area contributed by atoms with Gasteiger partial charge in [-0.1, -0.05) is 12.1 Å². The number of halogens is 2. The van der Waals surface area contributed by atoms with Crippen molar-refractivity contribution in [2.45, 2.75) is 31.9 Å². The van der Waals surface area contributed by atoms with Crippen LogP contribution in [0.25, 0.3) is 0 Å². The van der Waals surface area contributed by atoms with E-state index in [0.29, 0.717) is 19.4 Å². The molecule has 0 saturated carbocycles. The van der Waals surface area contributed by atoms with Gasteiger partial charge in [-0.3, -0.25) is 4.79 Å². The van der Waals surface area contributed by atoms with Crippen molar-refractivity contribution in [1.82, 2.24) is 10.6 Å². The van der Waals surface area contributed by atoms with Gasteiger partial charge in [0.15, 0.2) is 0 Å². The Balaban J connectivity index is 1.92. The number of alkyl halides is 2. The number of ether oxygens (including phenoxy) is 1. The number of amides is 1. The summed E-state index contributed by atoms with van der Waals surface area (Å²) in [5, 5.41) is 6.05. The molecule has 0 spiro atoms. The molecule has 1 aromatic rings. The number of carbonyl (C=O) groups is 1. The molecule has 1 amide bonds. The molecule has 1 atom stereocenters. The predicted molar refractivity (Wildman–Crippen MR) is 70.8 cm³/mol. The van der Waals surface area contributed by atoms with Crippen LogP contribution in [0.5, 0.6) is 5.75 Å². The van der Waals surface area contributed by atoms with Crippen molar-refractivity contribution in [3.05, 3.63) is 29.8 Å². The first-order valence-corrected chi connectivity index (χ1v) is 6.57. The van der Waals surface area contributed by atoms with E-state index in [2.05, 4.69) is 15.4 Å². The van der Waals surface area contributed by atoms with Crippen molar-refractivity contribution in [3.8, 4) is 5.75 Å². The lowest BCUT2D eigenvalue weighted by atomic mass is 9.91. The molecule has 1 aliphatic rings. The van der Waals surface area contributed by atoms with Crippen molar-refractivity contribution in [3.63, 3.8) is 0 Å². The van der Waals surface area contributed by atoms with Gasteiger partial charge in [0.05, 0.1) is 5.54 Å². The third-order valence-corrected chi connectivity index (χ3v) is 3.49. The van der Waals surface area contributed by atoms with E-state index in [-0.39, 0.29) is 11.7 Å². The van der Waals surface area contributed by atoms with Gasteiger partial charge in [0.2, 0.25) is 5.91 Å². The molecule has 20 heavy (non-hydrogen) atoms. The van der Waals surface area contributed by atoms with Crippen molar-refractivity contribution >= 4 is 5.91 Å². The van der Waals surface area contributed by atoms with Crippen molar-refractivity contribution in [2.24, 2.45) is 0 Å². The minimum Gasteiger partial charge on any atom is -0.435 e. The standard InChI is InChI=1S/C14H18F2N2O2/c1-14(12(19)17-8-9-18-14)7-6-10-2-4-11(5-3-10)20-13(15)16/h2-5,13,18H,6-9H2,1H3,(H,17,19). The molecule has 1 heterocycles. The molecule has 1 aliphatic heterocycles. The lowest BCUT2D eigenvalue weighted by Gasteiger charge is -2.34. The molecule has 6 heteroatoms. The molecule has 1 unspecified atom stereocenters. The second-order valence-electron chi connectivity index (χ2n) is 5.04. The van der Waals surface area contributed by atoms with Gasteiger partial charge in [-0.15, -0.1) is 0 Å². The molecule has 0 aromatic heterocycles. The first kappa shape index (κ1) is 14.7. The van der Waals surface area contributed by atoms with E-state index in [1.165, 1.54) is 12.1 Å². The summed E-state index contributed by atoms with van der Waals surface area (Å²) in [5.74, 6) is 0.143. The molecule has 1 saturated heterocycles. The average Bonchev–Trinajstić information content (AvgIpc) is 2.41. The van der Waals surface area contributed by atoms with E-state index in [1.807, 2.05) is 6.92 Å². The normalized spacial score (nSPS) is 22.7. The highest BCUT2D eigenvalue weighted by molar-refractivity contribution is 5.86. The number of piperazine rings is 1. The monoisotopic (exact) mass is 284 g/mol. The Labute approximate surface area is 116 Å². The molecular weight excluding hydrogens is 266 g/mol. The molecule has 2 N–H and O–H groups in total. The predicted octanol–water partition coefficient (Wildman–Crippen LogP) is 1.70. The molecule has 0 radical (unpaired) electrons. The highest BCUT2D eigenvalue weighted by atomic mass is 19.3. The Hall–Kier alpha value is -1.69. The first-order chi connectivity index (χ1) is 9.49. The van der Waals surface area contributed by atoms with Crippen LogP contribution in [0, 0.1) is 0 Å². The molecular formula is C14H18F2N2O2. The summed E-state index contributed by atoms with van der Waals surface area (Å²) in [6, 6.07) is 6.50. The van der Waals surface area contributed by atoms with Gasteiger partial charge < -0.3 is 15.4 Å². The fraction of sp³-hybridized carbons (Fsp3) is 0.500. The quantitative estimate of drug-likeness (QED) is 0.865. The van der Waals surface area contributed by atoms with Crippen LogP contribution in [0.15, 0.2) is 24.3 Å². The van der Waals surface area contributed by atoms with E-state index in [1.54, 1.807) is 12.1 Å². The van der Waals surface area contributed by atoms with E-state index in [4.69, 9.17) is 0 Å². The molecule has 1 aromatic carbocycles. The van der Waals surface area contributed by atoms with Crippen LogP contribution in [0.2, 0.25) is 0 Å². The summed E-state index contributed by atoms with van der Waals surface area (Å²) < 4.78 is 28.4. The van der Waals surface area contributed by atoms with Gasteiger partial charge in [-0.25, -0.2) is 0 Å². The lowest BCUT2D eigenvalue weighted by molar-refractivity contribution is -0.128. The van der Waals surface area contributed by atoms with Gasteiger partial charge in [0, 0.05) is 13.1 Å². The summed E-state index contributed by atoms with van der Waals surface area (Å²) in [6.07, 6.45) is 1.33. The summed E-state index contributed by atoms with van der Waals surface area (Å²) in [7, 11) is 0. The van der Waals surface area contributed by atoms with E-state index in [9.17, 15) is 13.6 Å². The van der Waals surface area contributed by atoms with Crippen LogP contribution in [-0.4, -0.2) is 31.1 Å². The summed E-state index contributed by atoms with van der Waals surface area (Å²) in [6.45, 7) is 0.461. The summed E-state index contributed by atoms with van der Waals surface area (Å²) in [5.41, 5.74) is 0.407. The topological polar surface area (TPSA) is 50.4 Å². The van der Waals surface area contributed by atoms with Crippen LogP contribution in [0.4, 0.5) is 8.78 Å². The average molecular weight is 284 g/mol. The van der Waals surface area contributed by atoms with E-state index < -0.39 is 12.2 Å². The fourth-order valence-corrected chi connectivity index (χ4v) is 2.22. The lowest BCUT2D eigenvalue weighted by Crippen LogP contribution is -2.61.